The molecule has 0 bridgehead atoms. The average Bonchev–Trinajstić information content (AvgIpc) is 2.18. The Morgan fingerprint density at radius 3 is 2.73 bits per heavy atom. The number of halogens is 1. The molecule has 3 N–H and O–H groups in total. The summed E-state index contributed by atoms with van der Waals surface area (Å²) in [5, 5.41) is 14.1. The van der Waals surface area contributed by atoms with Crippen LogP contribution in [0.25, 0.3) is 0 Å². The molecule has 0 aliphatic carbocycles. The molecule has 6 heteroatoms. The van der Waals surface area contributed by atoms with Crippen molar-refractivity contribution in [2.24, 2.45) is 0 Å². The maximum atomic E-state index is 10.3. The summed E-state index contributed by atoms with van der Waals surface area (Å²) in [6.45, 7) is -0.198. The first-order chi connectivity index (χ1) is 7.09. The molecule has 0 amide bonds. The Bertz CT molecular complexity index is 384. The Kier molecular flexibility index (Phi) is 4.51. The molecule has 0 radical (unpaired) electrons. The minimum absolute atomic E-state index is 0.198. The van der Waals surface area contributed by atoms with Crippen molar-refractivity contribution in [3.05, 3.63) is 28.7 Å². The van der Waals surface area contributed by atoms with Crippen LogP contribution in [-0.4, -0.2) is 22.7 Å². The highest BCUT2D eigenvalue weighted by atomic mass is 79.9. The molecule has 0 heterocycles. The molecule has 0 spiro atoms. The van der Waals surface area contributed by atoms with Gasteiger partial charge >= 0.3 is 5.97 Å². The summed E-state index contributed by atoms with van der Waals surface area (Å²) >= 11 is 8.25. The van der Waals surface area contributed by atoms with Crippen LogP contribution in [0.4, 0.5) is 5.69 Å². The third-order valence-electron chi connectivity index (χ3n) is 1.52. The Morgan fingerprint density at radius 2 is 2.13 bits per heavy atom. The fraction of sp³-hybridized carbons (Fsp3) is 0.111. The van der Waals surface area contributed by atoms with Gasteiger partial charge in [0.2, 0.25) is 0 Å². The Balaban J connectivity index is 2.52. The minimum Gasteiger partial charge on any atom is -0.480 e. The first-order valence-corrected chi connectivity index (χ1v) is 5.31. The molecular weight excluding hydrogens is 280 g/mol. The summed E-state index contributed by atoms with van der Waals surface area (Å²) in [6.07, 6.45) is 0. The predicted molar refractivity (Wildman–Crippen MR) is 66.0 cm³/mol. The Hall–Kier alpha value is -1.14. The normalized spacial score (nSPS) is 9.40. The van der Waals surface area contributed by atoms with E-state index in [1.165, 1.54) is 0 Å². The molecule has 0 unspecified atom stereocenters. The van der Waals surface area contributed by atoms with Crippen LogP contribution in [0.15, 0.2) is 28.7 Å². The summed E-state index contributed by atoms with van der Waals surface area (Å²) in [5.41, 5.74) is 0.792. The molecular formula is C9H9BrN2O2S. The number of rotatable bonds is 3. The quantitative estimate of drug-likeness (QED) is 0.741. The molecule has 0 saturated carbocycles. The zero-order chi connectivity index (χ0) is 11.3. The number of benzene rings is 1. The lowest BCUT2D eigenvalue weighted by Crippen LogP contribution is -2.32. The topological polar surface area (TPSA) is 61.4 Å². The summed E-state index contributed by atoms with van der Waals surface area (Å²) in [4.78, 5) is 10.3. The maximum Gasteiger partial charge on any atom is 0.322 e. The van der Waals surface area contributed by atoms with E-state index in [1.807, 2.05) is 24.3 Å². The Labute approximate surface area is 101 Å². The van der Waals surface area contributed by atoms with Gasteiger partial charge in [-0.3, -0.25) is 4.79 Å². The SMILES string of the molecule is O=C(O)CNC(=S)Nc1ccccc1Br. The molecule has 1 aromatic rings. The van der Waals surface area contributed by atoms with E-state index in [9.17, 15) is 4.79 Å². The van der Waals surface area contributed by atoms with Crippen molar-refractivity contribution >= 4 is 44.9 Å². The molecule has 4 nitrogen and oxygen atoms in total. The summed E-state index contributed by atoms with van der Waals surface area (Å²) in [5.74, 6) is -0.953. The molecule has 0 fully saturated rings. The maximum absolute atomic E-state index is 10.3. The molecule has 0 aromatic heterocycles. The van der Waals surface area contributed by atoms with Crippen molar-refractivity contribution in [2.75, 3.05) is 11.9 Å². The van der Waals surface area contributed by atoms with Gasteiger partial charge < -0.3 is 15.7 Å². The predicted octanol–water partition coefficient (Wildman–Crippen LogP) is 1.82. The number of anilines is 1. The molecule has 15 heavy (non-hydrogen) atoms. The number of carboxylic acid groups (broad SMARTS) is 1. The smallest absolute Gasteiger partial charge is 0.322 e. The second-order valence-corrected chi connectivity index (χ2v) is 3.94. The molecule has 0 aliphatic heterocycles. The Morgan fingerprint density at radius 1 is 1.47 bits per heavy atom. The third kappa shape index (κ3) is 4.26. The van der Waals surface area contributed by atoms with Gasteiger partial charge in [0.05, 0.1) is 5.69 Å². The van der Waals surface area contributed by atoms with Gasteiger partial charge in [-0.1, -0.05) is 12.1 Å². The van der Waals surface area contributed by atoms with Crippen molar-refractivity contribution in [3.63, 3.8) is 0 Å². The van der Waals surface area contributed by atoms with Gasteiger partial charge in [-0.25, -0.2) is 0 Å². The zero-order valence-electron chi connectivity index (χ0n) is 7.66. The highest BCUT2D eigenvalue weighted by Gasteiger charge is 2.02. The van der Waals surface area contributed by atoms with Gasteiger partial charge in [-0.2, -0.15) is 0 Å². The van der Waals surface area contributed by atoms with E-state index in [2.05, 4.69) is 26.6 Å². The summed E-state index contributed by atoms with van der Waals surface area (Å²) in [6, 6.07) is 7.43. The van der Waals surface area contributed by atoms with E-state index < -0.39 is 5.97 Å². The lowest BCUT2D eigenvalue weighted by atomic mass is 10.3. The van der Waals surface area contributed by atoms with Gasteiger partial charge in [-0.05, 0) is 40.3 Å². The molecule has 80 valence electrons. The molecule has 0 atom stereocenters. The summed E-state index contributed by atoms with van der Waals surface area (Å²) < 4.78 is 0.865. The monoisotopic (exact) mass is 288 g/mol. The second-order valence-electron chi connectivity index (χ2n) is 2.68. The number of carbonyl (C=O) groups is 1. The van der Waals surface area contributed by atoms with E-state index in [4.69, 9.17) is 17.3 Å². The summed E-state index contributed by atoms with van der Waals surface area (Å²) in [7, 11) is 0. The minimum atomic E-state index is -0.953. The highest BCUT2D eigenvalue weighted by molar-refractivity contribution is 9.10. The van der Waals surface area contributed by atoms with Crippen LogP contribution >= 0.6 is 28.1 Å². The lowest BCUT2D eigenvalue weighted by molar-refractivity contribution is -0.135. The van der Waals surface area contributed by atoms with Gasteiger partial charge in [0.1, 0.15) is 6.54 Å². The van der Waals surface area contributed by atoms with Crippen LogP contribution in [0, 0.1) is 0 Å². The number of para-hydroxylation sites is 1. The fourth-order valence-corrected chi connectivity index (χ4v) is 1.45. The number of nitrogens with one attached hydrogen (secondary N) is 2. The van der Waals surface area contributed by atoms with Crippen molar-refractivity contribution < 1.29 is 9.90 Å². The lowest BCUT2D eigenvalue weighted by Gasteiger charge is -2.09. The number of hydrogen-bond acceptors (Lipinski definition) is 2. The molecule has 0 saturated heterocycles. The van der Waals surface area contributed by atoms with E-state index >= 15 is 0 Å². The first-order valence-electron chi connectivity index (χ1n) is 4.11. The van der Waals surface area contributed by atoms with E-state index in [1.54, 1.807) is 0 Å². The number of aliphatic carboxylic acids is 1. The van der Waals surface area contributed by atoms with Crippen molar-refractivity contribution in [1.82, 2.24) is 5.32 Å². The fourth-order valence-electron chi connectivity index (χ4n) is 0.885. The second kappa shape index (κ2) is 5.67. The number of carboxylic acids is 1. The van der Waals surface area contributed by atoms with Crippen LogP contribution < -0.4 is 10.6 Å². The molecule has 1 aromatic carbocycles. The van der Waals surface area contributed by atoms with Gasteiger partial charge in [-0.15, -0.1) is 0 Å². The highest BCUT2D eigenvalue weighted by Crippen LogP contribution is 2.20. The van der Waals surface area contributed by atoms with E-state index in [-0.39, 0.29) is 11.7 Å². The van der Waals surface area contributed by atoms with Crippen molar-refractivity contribution in [3.8, 4) is 0 Å². The zero-order valence-corrected chi connectivity index (χ0v) is 10.1. The van der Waals surface area contributed by atoms with Crippen LogP contribution in [0.1, 0.15) is 0 Å². The van der Waals surface area contributed by atoms with E-state index in [0.29, 0.717) is 0 Å². The first kappa shape index (κ1) is 11.9. The van der Waals surface area contributed by atoms with Crippen molar-refractivity contribution in [2.45, 2.75) is 0 Å². The average molecular weight is 289 g/mol. The number of hydrogen-bond donors (Lipinski definition) is 3. The number of thiocarbonyl (C=S) groups is 1. The standard InChI is InChI=1S/C9H9BrN2O2S/c10-6-3-1-2-4-7(6)12-9(15)11-5-8(13)14/h1-4H,5H2,(H,13,14)(H2,11,12,15). The van der Waals surface area contributed by atoms with Gasteiger partial charge in [0.15, 0.2) is 5.11 Å². The molecule has 1 rings (SSSR count). The van der Waals surface area contributed by atoms with Crippen LogP contribution in [0.5, 0.6) is 0 Å². The van der Waals surface area contributed by atoms with Crippen LogP contribution in [0.3, 0.4) is 0 Å². The van der Waals surface area contributed by atoms with Gasteiger partial charge in [0.25, 0.3) is 0 Å². The van der Waals surface area contributed by atoms with Gasteiger partial charge in [0, 0.05) is 4.47 Å². The molecule has 0 aliphatic rings. The third-order valence-corrected chi connectivity index (χ3v) is 2.46. The van der Waals surface area contributed by atoms with Crippen LogP contribution in [0.2, 0.25) is 0 Å². The largest absolute Gasteiger partial charge is 0.480 e. The van der Waals surface area contributed by atoms with Crippen LogP contribution in [-0.2, 0) is 4.79 Å². The van der Waals surface area contributed by atoms with Crippen molar-refractivity contribution in [1.29, 1.82) is 0 Å². The van der Waals surface area contributed by atoms with E-state index in [0.717, 1.165) is 10.2 Å².